The maximum Gasteiger partial charge on any atom is 0.279 e. The topological polar surface area (TPSA) is 95.9 Å². The molecule has 0 unspecified atom stereocenters. The van der Waals surface area contributed by atoms with Crippen molar-refractivity contribution in [3.05, 3.63) is 95.3 Å². The first-order valence-corrected chi connectivity index (χ1v) is 13.7. The van der Waals surface area contributed by atoms with E-state index in [1.807, 2.05) is 6.92 Å². The van der Waals surface area contributed by atoms with Crippen LogP contribution >= 0.6 is 0 Å². The minimum absolute atomic E-state index is 0.0579. The number of benzene rings is 3. The molecule has 1 aliphatic heterocycles. The molecule has 10 heteroatoms. The minimum Gasteiger partial charge on any atom is -0.284 e. The van der Waals surface area contributed by atoms with Gasteiger partial charge in [-0.1, -0.05) is 48.0 Å². The van der Waals surface area contributed by atoms with E-state index < -0.39 is 31.9 Å². The largest absolute Gasteiger partial charge is 0.284 e. The molecule has 0 aliphatic carbocycles. The molecule has 0 fully saturated rings. The number of nitrogens with one attached hydrogen (secondary N) is 1. The molecule has 0 aromatic heterocycles. The lowest BCUT2D eigenvalue weighted by Gasteiger charge is -2.23. The van der Waals surface area contributed by atoms with Crippen molar-refractivity contribution >= 4 is 31.4 Å². The third-order valence-electron chi connectivity index (χ3n) is 5.57. The molecule has 1 aliphatic rings. The van der Waals surface area contributed by atoms with Gasteiger partial charge in [-0.2, -0.15) is 17.9 Å². The molecule has 3 aromatic carbocycles. The van der Waals surface area contributed by atoms with Gasteiger partial charge in [-0.3, -0.25) is 4.72 Å². The van der Waals surface area contributed by atoms with Crippen molar-refractivity contribution in [2.75, 3.05) is 10.5 Å². The first kappa shape index (κ1) is 23.9. The van der Waals surface area contributed by atoms with E-state index in [2.05, 4.69) is 9.82 Å². The van der Waals surface area contributed by atoms with E-state index in [1.54, 1.807) is 54.6 Å². The van der Waals surface area contributed by atoms with Crippen molar-refractivity contribution in [3.63, 3.8) is 0 Å². The van der Waals surface area contributed by atoms with Crippen molar-refractivity contribution in [2.45, 2.75) is 31.2 Å². The fourth-order valence-corrected chi connectivity index (χ4v) is 5.73. The van der Waals surface area contributed by atoms with Crippen LogP contribution in [0.3, 0.4) is 0 Å². The van der Waals surface area contributed by atoms with E-state index in [1.165, 1.54) is 25.1 Å². The molecule has 0 bridgehead atoms. The van der Waals surface area contributed by atoms with Crippen LogP contribution in [0, 0.1) is 12.7 Å². The fraction of sp³-hybridized carbons (Fsp3) is 0.208. The maximum absolute atomic E-state index is 14.7. The van der Waals surface area contributed by atoms with Gasteiger partial charge in [-0.05, 0) is 49.7 Å². The van der Waals surface area contributed by atoms with Crippen LogP contribution in [0.25, 0.3) is 0 Å². The quantitative estimate of drug-likeness (QED) is 0.518. The zero-order valence-electron chi connectivity index (χ0n) is 18.6. The molecule has 0 amide bonds. The van der Waals surface area contributed by atoms with E-state index in [4.69, 9.17) is 0 Å². The van der Waals surface area contributed by atoms with E-state index in [9.17, 15) is 21.2 Å². The third kappa shape index (κ3) is 4.83. The lowest BCUT2D eigenvalue weighted by Crippen LogP contribution is -2.28. The molecule has 0 saturated carbocycles. The summed E-state index contributed by atoms with van der Waals surface area (Å²) in [5.41, 5.74) is 2.59. The van der Waals surface area contributed by atoms with Gasteiger partial charge in [0.05, 0.1) is 22.4 Å². The van der Waals surface area contributed by atoms with Gasteiger partial charge in [-0.25, -0.2) is 12.8 Å². The molecular weight excluding hydrogens is 477 g/mol. The fourth-order valence-electron chi connectivity index (χ4n) is 3.66. The Morgan fingerprint density at radius 2 is 1.62 bits per heavy atom. The van der Waals surface area contributed by atoms with Gasteiger partial charge in [-0.15, -0.1) is 0 Å². The Hall–Kier alpha value is -3.24. The van der Waals surface area contributed by atoms with Crippen LogP contribution in [0.5, 0.6) is 0 Å². The molecule has 0 saturated heterocycles. The van der Waals surface area contributed by atoms with Gasteiger partial charge in [0, 0.05) is 17.7 Å². The predicted octanol–water partition coefficient (Wildman–Crippen LogP) is 4.44. The standard InChI is InChI=1S/C24H24FN3O4S2/c1-3-33(29,30)27-19-12-10-18(11-13-19)23-16-24(21-6-4-5-7-22(21)25)28(26-23)34(31,32)20-14-8-17(2)9-15-20/h4-15,24,27H,3,16H2,1-2H3/t24-/m0/s1. The maximum atomic E-state index is 14.7. The molecule has 1 atom stereocenters. The number of sulfonamides is 2. The summed E-state index contributed by atoms with van der Waals surface area (Å²) in [6.45, 7) is 3.39. The summed E-state index contributed by atoms with van der Waals surface area (Å²) in [4.78, 5) is 0.0637. The number of aryl methyl sites for hydroxylation is 1. The van der Waals surface area contributed by atoms with Crippen LogP contribution < -0.4 is 4.72 Å². The van der Waals surface area contributed by atoms with E-state index in [0.717, 1.165) is 9.98 Å². The molecular formula is C24H24FN3O4S2. The van der Waals surface area contributed by atoms with E-state index in [-0.39, 0.29) is 22.6 Å². The number of nitrogens with zero attached hydrogens (tertiary/aromatic N) is 2. The van der Waals surface area contributed by atoms with E-state index >= 15 is 0 Å². The monoisotopic (exact) mass is 501 g/mol. The highest BCUT2D eigenvalue weighted by Crippen LogP contribution is 2.38. The second kappa shape index (κ2) is 9.19. The average molecular weight is 502 g/mol. The molecule has 178 valence electrons. The second-order valence-corrected chi connectivity index (χ2v) is 11.8. The van der Waals surface area contributed by atoms with Crippen LogP contribution in [0.1, 0.15) is 36.1 Å². The summed E-state index contributed by atoms with van der Waals surface area (Å²) in [5, 5.41) is 4.40. The first-order valence-electron chi connectivity index (χ1n) is 10.6. The lowest BCUT2D eigenvalue weighted by atomic mass is 9.99. The normalized spacial score (nSPS) is 16.4. The summed E-state index contributed by atoms with van der Waals surface area (Å²) in [5.74, 6) is -0.574. The Labute approximate surface area is 199 Å². The minimum atomic E-state index is -4.06. The van der Waals surface area contributed by atoms with E-state index in [0.29, 0.717) is 17.0 Å². The summed E-state index contributed by atoms with van der Waals surface area (Å²) in [6.07, 6.45) is 0.159. The zero-order chi connectivity index (χ0) is 24.5. The molecule has 0 radical (unpaired) electrons. The average Bonchev–Trinajstić information content (AvgIpc) is 3.26. The predicted molar refractivity (Wildman–Crippen MR) is 130 cm³/mol. The highest BCUT2D eigenvalue weighted by Gasteiger charge is 2.38. The van der Waals surface area contributed by atoms with Gasteiger partial charge >= 0.3 is 0 Å². The Bertz CT molecular complexity index is 1440. The highest BCUT2D eigenvalue weighted by molar-refractivity contribution is 7.92. The van der Waals surface area contributed by atoms with Crippen LogP contribution in [-0.4, -0.2) is 32.7 Å². The number of hydrazone groups is 1. The Kier molecular flexibility index (Phi) is 6.46. The van der Waals surface area contributed by atoms with Gasteiger partial charge < -0.3 is 0 Å². The van der Waals surface area contributed by atoms with Gasteiger partial charge in [0.1, 0.15) is 5.82 Å². The van der Waals surface area contributed by atoms with Crippen LogP contribution in [0.2, 0.25) is 0 Å². The highest BCUT2D eigenvalue weighted by atomic mass is 32.2. The smallest absolute Gasteiger partial charge is 0.279 e. The number of anilines is 1. The number of halogens is 1. The molecule has 7 nitrogen and oxygen atoms in total. The zero-order valence-corrected chi connectivity index (χ0v) is 20.3. The SMILES string of the molecule is CCS(=O)(=O)Nc1ccc(C2=NN(S(=O)(=O)c3ccc(C)cc3)[C@H](c3ccccc3F)C2)cc1. The van der Waals surface area contributed by atoms with Crippen LogP contribution in [-0.2, 0) is 20.0 Å². The molecule has 1 N–H and O–H groups in total. The molecule has 3 aromatic rings. The third-order valence-corrected chi connectivity index (χ3v) is 8.58. The Morgan fingerprint density at radius 1 is 0.971 bits per heavy atom. The van der Waals surface area contributed by atoms with Gasteiger partial charge in [0.25, 0.3) is 10.0 Å². The van der Waals surface area contributed by atoms with Crippen molar-refractivity contribution in [1.82, 2.24) is 4.41 Å². The summed E-state index contributed by atoms with van der Waals surface area (Å²) in [7, 11) is -7.48. The molecule has 34 heavy (non-hydrogen) atoms. The number of hydrogen-bond acceptors (Lipinski definition) is 5. The van der Waals surface area contributed by atoms with Gasteiger partial charge in [0.2, 0.25) is 10.0 Å². The lowest BCUT2D eigenvalue weighted by molar-refractivity contribution is 0.362. The van der Waals surface area contributed by atoms with Gasteiger partial charge in [0.15, 0.2) is 0 Å². The summed E-state index contributed by atoms with van der Waals surface area (Å²) >= 11 is 0. The van der Waals surface area contributed by atoms with Crippen molar-refractivity contribution in [3.8, 4) is 0 Å². The van der Waals surface area contributed by atoms with Crippen molar-refractivity contribution in [1.29, 1.82) is 0 Å². The molecule has 1 heterocycles. The molecule has 0 spiro atoms. The number of hydrogen-bond donors (Lipinski definition) is 1. The number of rotatable bonds is 7. The van der Waals surface area contributed by atoms with Crippen molar-refractivity contribution in [2.24, 2.45) is 5.10 Å². The summed E-state index contributed by atoms with van der Waals surface area (Å²) in [6, 6.07) is 18.1. The second-order valence-electron chi connectivity index (χ2n) is 7.96. The Balaban J connectivity index is 1.73. The Morgan fingerprint density at radius 3 is 2.24 bits per heavy atom. The van der Waals surface area contributed by atoms with Crippen LogP contribution in [0.4, 0.5) is 10.1 Å². The van der Waals surface area contributed by atoms with Crippen molar-refractivity contribution < 1.29 is 21.2 Å². The summed E-state index contributed by atoms with van der Waals surface area (Å²) < 4.78 is 68.7. The van der Waals surface area contributed by atoms with Crippen LogP contribution in [0.15, 0.2) is 82.8 Å². The molecule has 4 rings (SSSR count). The first-order chi connectivity index (χ1) is 16.1.